The number of aromatic nitrogens is 4. The van der Waals surface area contributed by atoms with Crippen molar-refractivity contribution in [3.63, 3.8) is 0 Å². The summed E-state index contributed by atoms with van der Waals surface area (Å²) in [6.45, 7) is 4.85. The summed E-state index contributed by atoms with van der Waals surface area (Å²) in [7, 11) is 0. The van der Waals surface area contributed by atoms with Crippen LogP contribution in [-0.4, -0.2) is 42.0 Å². The number of nitrogens with zero attached hydrogens (tertiary/aromatic N) is 5. The van der Waals surface area contributed by atoms with Gasteiger partial charge in [-0.3, -0.25) is 9.79 Å². The van der Waals surface area contributed by atoms with Crippen LogP contribution >= 0.6 is 11.8 Å². The van der Waals surface area contributed by atoms with Crippen molar-refractivity contribution in [2.45, 2.75) is 57.2 Å². The van der Waals surface area contributed by atoms with Gasteiger partial charge in [0, 0.05) is 17.9 Å². The van der Waals surface area contributed by atoms with E-state index in [1.807, 2.05) is 0 Å². The van der Waals surface area contributed by atoms with Crippen LogP contribution in [0.25, 0.3) is 0 Å². The lowest BCUT2D eigenvalue weighted by molar-refractivity contribution is 0.0987. The molecule has 3 heterocycles. The minimum atomic E-state index is -1.10. The van der Waals surface area contributed by atoms with E-state index in [9.17, 15) is 9.18 Å². The number of ether oxygens (including phenoxy) is 1. The Bertz CT molecular complexity index is 1350. The predicted octanol–water partition coefficient (Wildman–Crippen LogP) is 3.84. The summed E-state index contributed by atoms with van der Waals surface area (Å²) in [5.41, 5.74) is 7.45. The lowest BCUT2D eigenvalue weighted by atomic mass is 9.93. The number of nitrogens with two attached hydrogens (primary N) is 1. The third kappa shape index (κ3) is 4.57. The number of halogens is 2. The third-order valence-corrected chi connectivity index (χ3v) is 7.96. The van der Waals surface area contributed by atoms with Gasteiger partial charge in [-0.15, -0.1) is 0 Å². The fourth-order valence-electron chi connectivity index (χ4n) is 4.59. The number of alkyl halides is 1. The summed E-state index contributed by atoms with van der Waals surface area (Å²) in [5.74, 6) is 0.130. The Morgan fingerprint density at radius 3 is 2.81 bits per heavy atom. The van der Waals surface area contributed by atoms with E-state index in [0.29, 0.717) is 34.8 Å². The standard InChI is InChI=1S/C24H24F2N6O3S/c1-11-4-14(5-15(21(11)26)22-16-7-24(16,12(2)25)36-23(27)31-22)6-18(33)17-8-29-19(9-28-17)34-10-20-30-13(3)32-35-20/h4-5,8-9,12,16,22H,6-7,10H2,1-3H3,(H2,27,31)/t12?,16-,22+,24+/m0/s1. The summed E-state index contributed by atoms with van der Waals surface area (Å²) in [4.78, 5) is 29.6. The molecule has 2 aromatic heterocycles. The van der Waals surface area contributed by atoms with Crippen LogP contribution in [0.2, 0.25) is 0 Å². The highest BCUT2D eigenvalue weighted by Gasteiger charge is 2.65. The molecule has 1 unspecified atom stereocenters. The van der Waals surface area contributed by atoms with Crippen molar-refractivity contribution in [3.8, 4) is 5.88 Å². The molecule has 36 heavy (non-hydrogen) atoms. The van der Waals surface area contributed by atoms with Crippen LogP contribution < -0.4 is 10.5 Å². The van der Waals surface area contributed by atoms with Gasteiger partial charge in [-0.1, -0.05) is 29.1 Å². The van der Waals surface area contributed by atoms with Crippen molar-refractivity contribution in [2.24, 2.45) is 16.6 Å². The highest BCUT2D eigenvalue weighted by Crippen LogP contribution is 2.65. The highest BCUT2D eigenvalue weighted by atomic mass is 32.2. The van der Waals surface area contributed by atoms with E-state index in [4.69, 9.17) is 15.0 Å². The van der Waals surface area contributed by atoms with Gasteiger partial charge in [0.05, 0.1) is 23.2 Å². The van der Waals surface area contributed by atoms with Crippen LogP contribution in [0.1, 0.15) is 58.3 Å². The molecule has 1 fully saturated rings. The molecule has 5 rings (SSSR count). The molecule has 0 saturated heterocycles. The highest BCUT2D eigenvalue weighted by molar-refractivity contribution is 8.15. The topological polar surface area (TPSA) is 129 Å². The Balaban J connectivity index is 1.31. The van der Waals surface area contributed by atoms with E-state index in [1.165, 1.54) is 31.1 Å². The fraction of sp³-hybridized carbons (Fsp3) is 0.417. The normalized spacial score (nSPS) is 23.5. The largest absolute Gasteiger partial charge is 0.466 e. The van der Waals surface area contributed by atoms with Gasteiger partial charge in [-0.25, -0.2) is 18.7 Å². The maximum atomic E-state index is 15.2. The minimum absolute atomic E-state index is 0.0136. The van der Waals surface area contributed by atoms with Gasteiger partial charge in [0.2, 0.25) is 5.88 Å². The number of amidine groups is 1. The SMILES string of the molecule is Cc1noc(COc2cnc(C(=O)Cc3cc(C)c(F)c([C@H]4N=C(N)S[C@@]5(C(C)F)C[C@@H]45)c3)cn2)n1. The summed E-state index contributed by atoms with van der Waals surface area (Å²) in [6.07, 6.45) is 2.11. The van der Waals surface area contributed by atoms with E-state index in [2.05, 4.69) is 25.1 Å². The van der Waals surface area contributed by atoms with Crippen LogP contribution in [-0.2, 0) is 13.0 Å². The summed E-state index contributed by atoms with van der Waals surface area (Å²) < 4.78 is 39.3. The number of hydrogen-bond acceptors (Lipinski definition) is 10. The van der Waals surface area contributed by atoms with Gasteiger partial charge < -0.3 is 15.0 Å². The van der Waals surface area contributed by atoms with Crippen molar-refractivity contribution in [3.05, 3.63) is 64.4 Å². The van der Waals surface area contributed by atoms with Crippen molar-refractivity contribution in [1.29, 1.82) is 0 Å². The Hall–Kier alpha value is -3.41. The van der Waals surface area contributed by atoms with Gasteiger partial charge >= 0.3 is 0 Å². The lowest BCUT2D eigenvalue weighted by Crippen LogP contribution is -2.31. The predicted molar refractivity (Wildman–Crippen MR) is 128 cm³/mol. The van der Waals surface area contributed by atoms with Crippen LogP contribution in [0, 0.1) is 25.6 Å². The Kier molecular flexibility index (Phi) is 6.23. The molecule has 1 saturated carbocycles. The smallest absolute Gasteiger partial charge is 0.264 e. The molecule has 12 heteroatoms. The van der Waals surface area contributed by atoms with Crippen molar-refractivity contribution >= 4 is 22.7 Å². The average Bonchev–Trinajstić information content (AvgIpc) is 3.45. The zero-order valence-electron chi connectivity index (χ0n) is 19.9. The first-order valence-electron chi connectivity index (χ1n) is 11.4. The molecule has 188 valence electrons. The number of carbonyl (C=O) groups excluding carboxylic acids is 1. The number of aliphatic imine (C=N–C) groups is 1. The van der Waals surface area contributed by atoms with Crippen molar-refractivity contribution in [1.82, 2.24) is 20.1 Å². The first-order chi connectivity index (χ1) is 17.2. The molecule has 3 aromatic rings. The van der Waals surface area contributed by atoms with Gasteiger partial charge in [0.1, 0.15) is 17.7 Å². The molecule has 9 nitrogen and oxygen atoms in total. The molecule has 4 atom stereocenters. The lowest BCUT2D eigenvalue weighted by Gasteiger charge is -2.27. The maximum Gasteiger partial charge on any atom is 0.264 e. The van der Waals surface area contributed by atoms with Gasteiger partial charge in [-0.05, 0) is 38.3 Å². The van der Waals surface area contributed by atoms with Crippen molar-refractivity contribution in [2.75, 3.05) is 0 Å². The molecule has 1 aliphatic heterocycles. The minimum Gasteiger partial charge on any atom is -0.466 e. The summed E-state index contributed by atoms with van der Waals surface area (Å²) >= 11 is 1.23. The second-order valence-electron chi connectivity index (χ2n) is 9.08. The second-order valence-corrected chi connectivity index (χ2v) is 10.5. The molecule has 1 aliphatic carbocycles. The summed E-state index contributed by atoms with van der Waals surface area (Å²) in [6, 6.07) is 2.66. The van der Waals surface area contributed by atoms with Crippen molar-refractivity contribution < 1.29 is 22.8 Å². The van der Waals surface area contributed by atoms with Crippen LogP contribution in [0.15, 0.2) is 34.0 Å². The Morgan fingerprint density at radius 1 is 1.33 bits per heavy atom. The number of fused-ring (bicyclic) bond motifs is 1. The fourth-order valence-corrected chi connectivity index (χ4v) is 5.85. The quantitative estimate of drug-likeness (QED) is 0.446. The first kappa shape index (κ1) is 24.3. The number of Topliss-reactive ketones (excluding diaryl/α,β-unsaturated/α-hetero) is 1. The number of benzene rings is 1. The van der Waals surface area contributed by atoms with Gasteiger partial charge in [0.25, 0.3) is 5.89 Å². The number of aryl methyl sites for hydroxylation is 2. The van der Waals surface area contributed by atoms with E-state index in [0.717, 1.165) is 0 Å². The van der Waals surface area contributed by atoms with E-state index < -0.39 is 22.8 Å². The van der Waals surface area contributed by atoms with Crippen LogP contribution in [0.5, 0.6) is 5.88 Å². The average molecular weight is 515 g/mol. The van der Waals surface area contributed by atoms with Gasteiger partial charge in [-0.2, -0.15) is 4.98 Å². The molecule has 0 spiro atoms. The molecular formula is C24H24F2N6O3S. The number of ketones is 1. The number of thioether (sulfide) groups is 1. The second kappa shape index (κ2) is 9.23. The molecule has 0 bridgehead atoms. The monoisotopic (exact) mass is 514 g/mol. The summed E-state index contributed by atoms with van der Waals surface area (Å²) in [5, 5.41) is 3.93. The van der Waals surface area contributed by atoms with E-state index in [1.54, 1.807) is 26.0 Å². The van der Waals surface area contributed by atoms with Gasteiger partial charge in [0.15, 0.2) is 23.4 Å². The molecular weight excluding hydrogens is 490 g/mol. The number of carbonyl (C=O) groups is 1. The van der Waals surface area contributed by atoms with E-state index in [-0.39, 0.29) is 41.5 Å². The Morgan fingerprint density at radius 2 is 2.14 bits per heavy atom. The number of hydrogen-bond donors (Lipinski definition) is 1. The molecule has 2 aliphatic rings. The molecule has 2 N–H and O–H groups in total. The van der Waals surface area contributed by atoms with Crippen LogP contribution in [0.3, 0.4) is 0 Å². The maximum absolute atomic E-state index is 15.2. The molecule has 0 radical (unpaired) electrons. The third-order valence-electron chi connectivity index (χ3n) is 6.47. The first-order valence-corrected chi connectivity index (χ1v) is 12.2. The number of rotatable bonds is 8. The van der Waals surface area contributed by atoms with Crippen LogP contribution in [0.4, 0.5) is 8.78 Å². The Labute approximate surface area is 210 Å². The zero-order valence-corrected chi connectivity index (χ0v) is 20.7. The molecule has 0 amide bonds. The zero-order chi connectivity index (χ0) is 25.6. The molecule has 1 aromatic carbocycles. The van der Waals surface area contributed by atoms with E-state index >= 15 is 4.39 Å².